The molecule has 0 spiro atoms. The van der Waals surface area contributed by atoms with E-state index in [0.717, 1.165) is 11.1 Å². The van der Waals surface area contributed by atoms with Gasteiger partial charge in [0.25, 0.3) is 0 Å². The molecule has 0 heterocycles. The Balaban J connectivity index is 0.000000384. The van der Waals surface area contributed by atoms with E-state index in [1.54, 1.807) is 14.1 Å². The summed E-state index contributed by atoms with van der Waals surface area (Å²) in [6.45, 7) is 7.47. The lowest BCUT2D eigenvalue weighted by molar-refractivity contribution is -0.136. The Morgan fingerprint density at radius 1 is 1.24 bits per heavy atom. The molecule has 0 radical (unpaired) electrons. The molecule has 0 unspecified atom stereocenters. The van der Waals surface area contributed by atoms with Crippen LogP contribution in [0.5, 0.6) is 0 Å². The van der Waals surface area contributed by atoms with Gasteiger partial charge >= 0.3 is 12.1 Å². The van der Waals surface area contributed by atoms with Crippen LogP contribution in [0.3, 0.4) is 0 Å². The second-order valence-electron chi connectivity index (χ2n) is 5.93. The summed E-state index contributed by atoms with van der Waals surface area (Å²) in [6.07, 6.45) is -0.186. The first-order valence-corrected chi connectivity index (χ1v) is 6.69. The minimum absolute atomic E-state index is 0.113. The van der Waals surface area contributed by atoms with Crippen LogP contribution < -0.4 is 0 Å². The van der Waals surface area contributed by atoms with E-state index in [9.17, 15) is 9.59 Å². The predicted molar refractivity (Wildman–Crippen MR) is 82.4 cm³/mol. The van der Waals surface area contributed by atoms with Crippen LogP contribution in [0.25, 0.3) is 0 Å². The van der Waals surface area contributed by atoms with Crippen LogP contribution in [-0.2, 0) is 16.0 Å². The van der Waals surface area contributed by atoms with Crippen molar-refractivity contribution in [2.45, 2.75) is 39.7 Å². The van der Waals surface area contributed by atoms with Gasteiger partial charge in [0, 0.05) is 14.1 Å². The third-order valence-corrected chi connectivity index (χ3v) is 2.20. The predicted octanol–water partition coefficient (Wildman–Crippen LogP) is 3.11. The van der Waals surface area contributed by atoms with Gasteiger partial charge in [-0.2, -0.15) is 0 Å². The number of ether oxygens (including phenoxy) is 1. The molecule has 1 amide bonds. The lowest BCUT2D eigenvalue weighted by Crippen LogP contribution is -2.31. The van der Waals surface area contributed by atoms with Gasteiger partial charge in [0.15, 0.2) is 0 Å². The lowest BCUT2D eigenvalue weighted by atomic mass is 10.1. The Kier molecular flexibility index (Phi) is 7.49. The molecular weight excluding hydrogens is 270 g/mol. The Morgan fingerprint density at radius 3 is 2.14 bits per heavy atom. The first kappa shape index (κ1) is 19.0. The van der Waals surface area contributed by atoms with E-state index >= 15 is 0 Å². The summed E-state index contributed by atoms with van der Waals surface area (Å²) >= 11 is 0. The molecule has 0 saturated carbocycles. The van der Waals surface area contributed by atoms with E-state index in [1.165, 1.54) is 4.90 Å². The largest absolute Gasteiger partial charge is 0.481 e. The fraction of sp³-hybridized carbons (Fsp3) is 0.500. The molecule has 0 bridgehead atoms. The smallest absolute Gasteiger partial charge is 0.409 e. The molecule has 118 valence electrons. The second kappa shape index (κ2) is 8.29. The maximum atomic E-state index is 10.9. The highest BCUT2D eigenvalue weighted by Crippen LogP contribution is 2.07. The van der Waals surface area contributed by atoms with Gasteiger partial charge in [-0.05, 0) is 33.3 Å². The van der Waals surface area contributed by atoms with Gasteiger partial charge in [0.05, 0.1) is 6.42 Å². The van der Waals surface area contributed by atoms with Crippen LogP contribution in [0.15, 0.2) is 24.3 Å². The zero-order chi connectivity index (χ0) is 16.6. The number of carboxylic acids is 1. The summed E-state index contributed by atoms with van der Waals surface area (Å²) < 4.78 is 4.99. The number of rotatable bonds is 2. The van der Waals surface area contributed by atoms with Crippen molar-refractivity contribution in [1.29, 1.82) is 0 Å². The van der Waals surface area contributed by atoms with Crippen molar-refractivity contribution in [1.82, 2.24) is 4.90 Å². The molecule has 1 aromatic carbocycles. The number of amides is 1. The van der Waals surface area contributed by atoms with E-state index in [0.29, 0.717) is 0 Å². The fourth-order valence-electron chi connectivity index (χ4n) is 1.35. The Morgan fingerprint density at radius 2 is 1.81 bits per heavy atom. The maximum absolute atomic E-state index is 10.9. The minimum atomic E-state index is -0.782. The molecule has 0 aliphatic carbocycles. The summed E-state index contributed by atoms with van der Waals surface area (Å²) in [5, 5.41) is 8.46. The first-order valence-electron chi connectivity index (χ1n) is 6.69. The number of nitrogens with zero attached hydrogens (tertiary/aromatic N) is 1. The molecule has 0 saturated heterocycles. The highest BCUT2D eigenvalue weighted by molar-refractivity contribution is 5.70. The van der Waals surface area contributed by atoms with Crippen LogP contribution in [0, 0.1) is 6.92 Å². The third kappa shape index (κ3) is 10.4. The lowest BCUT2D eigenvalue weighted by Gasteiger charge is -2.22. The monoisotopic (exact) mass is 295 g/mol. The quantitative estimate of drug-likeness (QED) is 0.910. The van der Waals surface area contributed by atoms with Gasteiger partial charge in [-0.25, -0.2) is 4.79 Å². The number of carbonyl (C=O) groups excluding carboxylic acids is 1. The molecule has 5 nitrogen and oxygen atoms in total. The van der Waals surface area contributed by atoms with Gasteiger partial charge in [0.2, 0.25) is 0 Å². The van der Waals surface area contributed by atoms with E-state index in [-0.39, 0.29) is 18.1 Å². The molecule has 0 atom stereocenters. The average Bonchev–Trinajstić information content (AvgIpc) is 2.26. The van der Waals surface area contributed by atoms with Crippen molar-refractivity contribution in [2.24, 2.45) is 0 Å². The molecule has 0 aliphatic heterocycles. The van der Waals surface area contributed by atoms with Gasteiger partial charge in [-0.1, -0.05) is 29.8 Å². The highest BCUT2D eigenvalue weighted by atomic mass is 16.6. The molecule has 5 heteroatoms. The minimum Gasteiger partial charge on any atom is -0.481 e. The third-order valence-electron chi connectivity index (χ3n) is 2.20. The molecule has 0 aliphatic rings. The van der Waals surface area contributed by atoms with E-state index in [4.69, 9.17) is 9.84 Å². The first-order chi connectivity index (χ1) is 9.51. The molecule has 0 fully saturated rings. The molecule has 1 aromatic rings. The Labute approximate surface area is 126 Å². The number of aryl methyl sites for hydroxylation is 1. The van der Waals surface area contributed by atoms with Crippen molar-refractivity contribution in [2.75, 3.05) is 14.1 Å². The van der Waals surface area contributed by atoms with Crippen LogP contribution >= 0.6 is 0 Å². The summed E-state index contributed by atoms with van der Waals surface area (Å²) in [5.74, 6) is -0.782. The van der Waals surface area contributed by atoms with Gasteiger partial charge < -0.3 is 14.7 Å². The van der Waals surface area contributed by atoms with Crippen molar-refractivity contribution in [3.63, 3.8) is 0 Å². The van der Waals surface area contributed by atoms with Gasteiger partial charge in [0.1, 0.15) is 5.60 Å². The number of carboxylic acid groups (broad SMARTS) is 1. The van der Waals surface area contributed by atoms with Crippen molar-refractivity contribution >= 4 is 12.1 Å². The van der Waals surface area contributed by atoms with Crippen molar-refractivity contribution in [3.05, 3.63) is 35.4 Å². The van der Waals surface area contributed by atoms with Gasteiger partial charge in [-0.3, -0.25) is 4.79 Å². The fourth-order valence-corrected chi connectivity index (χ4v) is 1.35. The van der Waals surface area contributed by atoms with Crippen LogP contribution in [0.4, 0.5) is 4.79 Å². The normalized spacial score (nSPS) is 10.2. The molecule has 1 N–H and O–H groups in total. The van der Waals surface area contributed by atoms with Crippen LogP contribution in [0.1, 0.15) is 31.9 Å². The average molecular weight is 295 g/mol. The standard InChI is InChI=1S/C9H10O2.C7H15NO2/c1-7-3-2-4-8(5-7)6-9(10)11;1-7(2,3)10-6(9)8(4)5/h2-5H,6H2,1H3,(H,10,11);1-5H3. The molecule has 1 rings (SSSR count). The van der Waals surface area contributed by atoms with E-state index in [2.05, 4.69) is 0 Å². The van der Waals surface area contributed by atoms with Crippen molar-refractivity contribution in [3.8, 4) is 0 Å². The SMILES string of the molecule is CN(C)C(=O)OC(C)(C)C.Cc1cccc(CC(=O)O)c1. The number of hydrogen-bond acceptors (Lipinski definition) is 3. The number of benzene rings is 1. The van der Waals surface area contributed by atoms with E-state index in [1.807, 2.05) is 52.0 Å². The summed E-state index contributed by atoms with van der Waals surface area (Å²) in [4.78, 5) is 22.6. The molecule has 21 heavy (non-hydrogen) atoms. The summed E-state index contributed by atoms with van der Waals surface area (Å²) in [7, 11) is 3.32. The Hall–Kier alpha value is -2.04. The van der Waals surface area contributed by atoms with E-state index < -0.39 is 5.97 Å². The molecule has 0 aromatic heterocycles. The van der Waals surface area contributed by atoms with Crippen LogP contribution in [-0.4, -0.2) is 41.8 Å². The van der Waals surface area contributed by atoms with Gasteiger partial charge in [-0.15, -0.1) is 0 Å². The van der Waals surface area contributed by atoms with Crippen molar-refractivity contribution < 1.29 is 19.4 Å². The molecular formula is C16H25NO4. The maximum Gasteiger partial charge on any atom is 0.409 e. The summed E-state index contributed by atoms with van der Waals surface area (Å²) in [5.41, 5.74) is 1.57. The summed E-state index contributed by atoms with van der Waals surface area (Å²) in [6, 6.07) is 7.52. The number of carbonyl (C=O) groups is 2. The highest BCUT2D eigenvalue weighted by Gasteiger charge is 2.16. The zero-order valence-electron chi connectivity index (χ0n) is 13.6. The second-order valence-corrected chi connectivity index (χ2v) is 5.93. The van der Waals surface area contributed by atoms with Crippen LogP contribution in [0.2, 0.25) is 0 Å². The zero-order valence-corrected chi connectivity index (χ0v) is 13.6. The number of aliphatic carboxylic acids is 1. The Bertz CT molecular complexity index is 475. The topological polar surface area (TPSA) is 66.8 Å². The number of hydrogen-bond donors (Lipinski definition) is 1.